The van der Waals surface area contributed by atoms with Gasteiger partial charge in [0.05, 0.1) is 19.8 Å². The molecule has 0 aliphatic heterocycles. The molecule has 112 valence electrons. The van der Waals surface area contributed by atoms with E-state index in [2.05, 4.69) is 0 Å². The highest BCUT2D eigenvalue weighted by Gasteiger charge is 2.14. The first-order valence-corrected chi connectivity index (χ1v) is 6.84. The minimum atomic E-state index is -0.113. The Balaban J connectivity index is 2.67. The molecule has 1 aromatic rings. The van der Waals surface area contributed by atoms with Crippen molar-refractivity contribution in [2.75, 3.05) is 40.0 Å². The van der Waals surface area contributed by atoms with Crippen molar-refractivity contribution in [3.8, 4) is 5.75 Å². The second kappa shape index (κ2) is 9.34. The largest absolute Gasteiger partial charge is 0.494 e. The number of hydrogen-bond donors (Lipinski definition) is 1. The van der Waals surface area contributed by atoms with Gasteiger partial charge in [-0.2, -0.15) is 0 Å². The maximum Gasteiger partial charge on any atom is 0.254 e. The Bertz CT molecular complexity index is 391. The van der Waals surface area contributed by atoms with E-state index in [0.29, 0.717) is 31.9 Å². The van der Waals surface area contributed by atoms with Crippen LogP contribution in [0.15, 0.2) is 24.3 Å². The number of nitrogens with zero attached hydrogens (tertiary/aromatic N) is 1. The van der Waals surface area contributed by atoms with Crippen LogP contribution >= 0.6 is 0 Å². The van der Waals surface area contributed by atoms with Crippen LogP contribution in [0.1, 0.15) is 23.7 Å². The maximum absolute atomic E-state index is 12.3. The first kappa shape index (κ1) is 16.5. The highest BCUT2D eigenvalue weighted by atomic mass is 16.5. The number of carbonyl (C=O) groups is 1. The van der Waals surface area contributed by atoms with Gasteiger partial charge in [0.25, 0.3) is 5.91 Å². The van der Waals surface area contributed by atoms with E-state index in [1.165, 1.54) is 0 Å². The smallest absolute Gasteiger partial charge is 0.254 e. The molecule has 0 fully saturated rings. The van der Waals surface area contributed by atoms with Crippen LogP contribution in [0.2, 0.25) is 0 Å². The van der Waals surface area contributed by atoms with Crippen LogP contribution in [0, 0.1) is 0 Å². The second-order valence-electron chi connectivity index (χ2n) is 4.38. The van der Waals surface area contributed by atoms with Crippen LogP contribution in [0.4, 0.5) is 0 Å². The Morgan fingerprint density at radius 3 is 2.45 bits per heavy atom. The van der Waals surface area contributed by atoms with Gasteiger partial charge in [-0.15, -0.1) is 0 Å². The van der Waals surface area contributed by atoms with E-state index in [9.17, 15) is 4.79 Å². The molecule has 20 heavy (non-hydrogen) atoms. The molecule has 5 nitrogen and oxygen atoms in total. The molecule has 1 amide bonds. The third-order valence-corrected chi connectivity index (χ3v) is 2.80. The second-order valence-corrected chi connectivity index (χ2v) is 4.38. The fourth-order valence-corrected chi connectivity index (χ4v) is 1.73. The lowest BCUT2D eigenvalue weighted by molar-refractivity contribution is 0.0656. The summed E-state index contributed by atoms with van der Waals surface area (Å²) >= 11 is 0. The van der Waals surface area contributed by atoms with E-state index in [1.54, 1.807) is 36.3 Å². The van der Waals surface area contributed by atoms with E-state index in [0.717, 1.165) is 12.2 Å². The molecule has 0 bridgehead atoms. The van der Waals surface area contributed by atoms with Crippen LogP contribution in [0.5, 0.6) is 5.75 Å². The number of methoxy groups -OCH3 is 1. The van der Waals surface area contributed by atoms with Gasteiger partial charge >= 0.3 is 0 Å². The molecule has 0 saturated carbocycles. The minimum absolute atomic E-state index is 0.0624. The summed E-state index contributed by atoms with van der Waals surface area (Å²) in [5, 5.41) is 9.02. The molecule has 0 spiro atoms. The summed E-state index contributed by atoms with van der Waals surface area (Å²) in [4.78, 5) is 13.9. The lowest BCUT2D eigenvalue weighted by atomic mass is 10.2. The minimum Gasteiger partial charge on any atom is -0.494 e. The van der Waals surface area contributed by atoms with Gasteiger partial charge in [0.2, 0.25) is 0 Å². The monoisotopic (exact) mass is 281 g/mol. The van der Waals surface area contributed by atoms with E-state index < -0.39 is 0 Å². The summed E-state index contributed by atoms with van der Waals surface area (Å²) in [6, 6.07) is 7.06. The van der Waals surface area contributed by atoms with E-state index in [1.807, 2.05) is 6.92 Å². The molecule has 0 unspecified atom stereocenters. The third-order valence-electron chi connectivity index (χ3n) is 2.80. The zero-order valence-corrected chi connectivity index (χ0v) is 12.2. The number of rotatable bonds is 9. The summed E-state index contributed by atoms with van der Waals surface area (Å²) in [5.41, 5.74) is 0.582. The van der Waals surface area contributed by atoms with E-state index in [-0.39, 0.29) is 12.5 Å². The molecule has 0 radical (unpaired) electrons. The molecule has 1 N–H and O–H groups in total. The summed E-state index contributed by atoms with van der Waals surface area (Å²) in [6.07, 6.45) is 0.946. The van der Waals surface area contributed by atoms with Crippen molar-refractivity contribution in [3.63, 3.8) is 0 Å². The zero-order valence-electron chi connectivity index (χ0n) is 12.2. The normalized spacial score (nSPS) is 10.3. The number of aliphatic hydroxyl groups excluding tert-OH is 1. The van der Waals surface area contributed by atoms with Crippen LogP contribution in [-0.2, 0) is 4.74 Å². The van der Waals surface area contributed by atoms with Gasteiger partial charge in [-0.3, -0.25) is 4.79 Å². The highest BCUT2D eigenvalue weighted by Crippen LogP contribution is 2.14. The average Bonchev–Trinajstić information content (AvgIpc) is 2.49. The molecule has 0 heterocycles. The number of aliphatic hydroxyl groups is 1. The number of hydrogen-bond acceptors (Lipinski definition) is 4. The Labute approximate surface area is 120 Å². The van der Waals surface area contributed by atoms with Gasteiger partial charge in [-0.05, 0) is 30.7 Å². The Kier molecular flexibility index (Phi) is 7.69. The molecular weight excluding hydrogens is 258 g/mol. The molecule has 0 aliphatic carbocycles. The Hall–Kier alpha value is -1.59. The van der Waals surface area contributed by atoms with Crippen LogP contribution in [0.25, 0.3) is 0 Å². The third kappa shape index (κ3) is 5.19. The molecule has 0 atom stereocenters. The first-order valence-electron chi connectivity index (χ1n) is 6.84. The SMILES string of the molecule is CCCOc1ccc(C(=O)N(CCO)CCOC)cc1. The van der Waals surface area contributed by atoms with Crippen molar-refractivity contribution in [2.24, 2.45) is 0 Å². The van der Waals surface area contributed by atoms with Crippen LogP contribution < -0.4 is 4.74 Å². The van der Waals surface area contributed by atoms with Crippen molar-refractivity contribution in [3.05, 3.63) is 29.8 Å². The Morgan fingerprint density at radius 1 is 1.20 bits per heavy atom. The summed E-state index contributed by atoms with van der Waals surface area (Å²) < 4.78 is 10.5. The fraction of sp³-hybridized carbons (Fsp3) is 0.533. The predicted octanol–water partition coefficient (Wildman–Crippen LogP) is 1.56. The Morgan fingerprint density at radius 2 is 1.90 bits per heavy atom. The van der Waals surface area contributed by atoms with Crippen LogP contribution in [0.3, 0.4) is 0 Å². The van der Waals surface area contributed by atoms with Crippen LogP contribution in [-0.4, -0.2) is 55.9 Å². The van der Waals surface area contributed by atoms with Gasteiger partial charge in [-0.1, -0.05) is 6.92 Å². The van der Waals surface area contributed by atoms with Gasteiger partial charge in [0.1, 0.15) is 5.75 Å². The van der Waals surface area contributed by atoms with Crippen molar-refractivity contribution in [1.82, 2.24) is 4.90 Å². The zero-order chi connectivity index (χ0) is 14.8. The van der Waals surface area contributed by atoms with Gasteiger partial charge < -0.3 is 19.5 Å². The first-order chi connectivity index (χ1) is 9.72. The topological polar surface area (TPSA) is 59.0 Å². The predicted molar refractivity (Wildman–Crippen MR) is 77.1 cm³/mol. The molecule has 1 rings (SSSR count). The molecule has 0 aliphatic rings. The van der Waals surface area contributed by atoms with Crippen molar-refractivity contribution in [1.29, 1.82) is 0 Å². The molecule has 0 aromatic heterocycles. The lowest BCUT2D eigenvalue weighted by Gasteiger charge is -2.21. The highest BCUT2D eigenvalue weighted by molar-refractivity contribution is 5.94. The fourth-order valence-electron chi connectivity index (χ4n) is 1.73. The molecular formula is C15H23NO4. The number of carbonyl (C=O) groups excluding carboxylic acids is 1. The van der Waals surface area contributed by atoms with Crippen molar-refractivity contribution < 1.29 is 19.4 Å². The number of ether oxygens (including phenoxy) is 2. The number of benzene rings is 1. The quantitative estimate of drug-likeness (QED) is 0.746. The summed E-state index contributed by atoms with van der Waals surface area (Å²) in [5.74, 6) is 0.646. The number of amides is 1. The molecule has 1 aromatic carbocycles. The maximum atomic E-state index is 12.3. The van der Waals surface area contributed by atoms with Gasteiger partial charge in [-0.25, -0.2) is 0 Å². The lowest BCUT2D eigenvalue weighted by Crippen LogP contribution is -2.36. The average molecular weight is 281 g/mol. The molecule has 5 heteroatoms. The van der Waals surface area contributed by atoms with Gasteiger partial charge in [0.15, 0.2) is 0 Å². The van der Waals surface area contributed by atoms with E-state index in [4.69, 9.17) is 14.6 Å². The molecule has 0 saturated heterocycles. The standard InChI is InChI=1S/C15H23NO4/c1-3-11-20-14-6-4-13(5-7-14)15(18)16(8-10-17)9-12-19-2/h4-7,17H,3,8-12H2,1-2H3. The summed E-state index contributed by atoms with van der Waals surface area (Å²) in [7, 11) is 1.58. The van der Waals surface area contributed by atoms with Crippen molar-refractivity contribution in [2.45, 2.75) is 13.3 Å². The van der Waals surface area contributed by atoms with Crippen molar-refractivity contribution >= 4 is 5.91 Å². The summed E-state index contributed by atoms with van der Waals surface area (Å²) in [6.45, 7) is 3.86. The van der Waals surface area contributed by atoms with E-state index >= 15 is 0 Å². The van der Waals surface area contributed by atoms with Gasteiger partial charge in [0, 0.05) is 25.8 Å².